The second-order valence-corrected chi connectivity index (χ2v) is 4.61. The maximum absolute atomic E-state index is 9.09. The Kier molecular flexibility index (Phi) is 3.72. The van der Waals surface area contributed by atoms with Gasteiger partial charge in [0.05, 0.1) is 5.56 Å². The lowest BCUT2D eigenvalue weighted by atomic mass is 10.1. The van der Waals surface area contributed by atoms with Gasteiger partial charge in [-0.3, -0.25) is 0 Å². The van der Waals surface area contributed by atoms with E-state index < -0.39 is 0 Å². The number of hydrogen-bond donors (Lipinski definition) is 0. The molecular formula is C16H16N2O. The average Bonchev–Trinajstić information content (AvgIpc) is 2.39. The van der Waals surface area contributed by atoms with Crippen molar-refractivity contribution in [2.24, 2.45) is 0 Å². The van der Waals surface area contributed by atoms with Crippen LogP contribution in [0.15, 0.2) is 42.5 Å². The molecule has 0 aliphatic rings. The molecular weight excluding hydrogens is 236 g/mol. The number of ether oxygens (including phenoxy) is 1. The van der Waals surface area contributed by atoms with Gasteiger partial charge < -0.3 is 9.64 Å². The van der Waals surface area contributed by atoms with Gasteiger partial charge in [0.25, 0.3) is 0 Å². The molecule has 0 aliphatic heterocycles. The molecule has 0 unspecified atom stereocenters. The van der Waals surface area contributed by atoms with E-state index in [4.69, 9.17) is 10.00 Å². The van der Waals surface area contributed by atoms with Gasteiger partial charge in [-0.15, -0.1) is 0 Å². The van der Waals surface area contributed by atoms with Crippen molar-refractivity contribution in [1.82, 2.24) is 0 Å². The highest BCUT2D eigenvalue weighted by Crippen LogP contribution is 2.28. The molecule has 0 radical (unpaired) electrons. The molecule has 0 spiro atoms. The maximum atomic E-state index is 9.09. The fraction of sp³-hybridized carbons (Fsp3) is 0.188. The first-order chi connectivity index (χ1) is 9.10. The van der Waals surface area contributed by atoms with Crippen LogP contribution in [0.2, 0.25) is 0 Å². The van der Waals surface area contributed by atoms with Crippen LogP contribution >= 0.6 is 0 Å². The SMILES string of the molecule is Cc1ccc(C#N)c(Oc2cccc(N(C)C)c2)c1. The van der Waals surface area contributed by atoms with Crippen LogP contribution in [0.25, 0.3) is 0 Å². The highest BCUT2D eigenvalue weighted by atomic mass is 16.5. The standard InChI is InChI=1S/C16H16N2O/c1-12-7-8-13(11-17)16(9-12)19-15-6-4-5-14(10-15)18(2)3/h4-10H,1-3H3. The molecule has 0 atom stereocenters. The summed E-state index contributed by atoms with van der Waals surface area (Å²) in [5, 5.41) is 9.09. The van der Waals surface area contributed by atoms with E-state index in [0.29, 0.717) is 11.3 Å². The van der Waals surface area contributed by atoms with Crippen LogP contribution in [-0.2, 0) is 0 Å². The van der Waals surface area contributed by atoms with Crippen molar-refractivity contribution in [3.05, 3.63) is 53.6 Å². The van der Waals surface area contributed by atoms with Gasteiger partial charge in [0.2, 0.25) is 0 Å². The van der Waals surface area contributed by atoms with Crippen molar-refractivity contribution in [3.63, 3.8) is 0 Å². The molecule has 3 heteroatoms. The van der Waals surface area contributed by atoms with Crippen molar-refractivity contribution in [3.8, 4) is 17.6 Å². The number of nitriles is 1. The molecule has 2 aromatic carbocycles. The van der Waals surface area contributed by atoms with E-state index in [0.717, 1.165) is 17.0 Å². The van der Waals surface area contributed by atoms with Crippen LogP contribution < -0.4 is 9.64 Å². The van der Waals surface area contributed by atoms with Crippen molar-refractivity contribution in [2.45, 2.75) is 6.92 Å². The Balaban J connectivity index is 2.33. The molecule has 0 N–H and O–H groups in total. The normalized spacial score (nSPS) is 9.79. The zero-order chi connectivity index (χ0) is 13.8. The Morgan fingerprint density at radius 1 is 1.11 bits per heavy atom. The van der Waals surface area contributed by atoms with Crippen LogP contribution in [0.4, 0.5) is 5.69 Å². The third-order valence-corrected chi connectivity index (χ3v) is 2.82. The lowest BCUT2D eigenvalue weighted by Gasteiger charge is -2.14. The molecule has 19 heavy (non-hydrogen) atoms. The van der Waals surface area contributed by atoms with Crippen molar-refractivity contribution in [2.75, 3.05) is 19.0 Å². The summed E-state index contributed by atoms with van der Waals surface area (Å²) in [5.74, 6) is 1.33. The molecule has 0 aromatic heterocycles. The first-order valence-corrected chi connectivity index (χ1v) is 6.06. The molecule has 0 bridgehead atoms. The van der Waals surface area contributed by atoms with E-state index in [2.05, 4.69) is 6.07 Å². The molecule has 0 amide bonds. The van der Waals surface area contributed by atoms with Crippen molar-refractivity contribution < 1.29 is 4.74 Å². The summed E-state index contributed by atoms with van der Waals surface area (Å²) >= 11 is 0. The van der Waals surface area contributed by atoms with Crippen molar-refractivity contribution >= 4 is 5.69 Å². The molecule has 0 fully saturated rings. The zero-order valence-corrected chi connectivity index (χ0v) is 11.3. The Hall–Kier alpha value is -2.47. The van der Waals surface area contributed by atoms with Gasteiger partial charge in [-0.1, -0.05) is 12.1 Å². The van der Waals surface area contributed by atoms with Crippen molar-refractivity contribution in [1.29, 1.82) is 5.26 Å². The van der Waals surface area contributed by atoms with Crippen LogP contribution in [0, 0.1) is 18.3 Å². The number of anilines is 1. The number of rotatable bonds is 3. The lowest BCUT2D eigenvalue weighted by Crippen LogP contribution is -2.08. The van der Waals surface area contributed by atoms with Crippen LogP contribution in [0.5, 0.6) is 11.5 Å². The van der Waals surface area contributed by atoms with Gasteiger partial charge in [0, 0.05) is 25.8 Å². The summed E-state index contributed by atoms with van der Waals surface area (Å²) in [6.07, 6.45) is 0. The average molecular weight is 252 g/mol. The van der Waals surface area contributed by atoms with Gasteiger partial charge >= 0.3 is 0 Å². The molecule has 0 saturated heterocycles. The minimum absolute atomic E-state index is 0.542. The van der Waals surface area contributed by atoms with Gasteiger partial charge in [0.15, 0.2) is 0 Å². The molecule has 96 valence electrons. The maximum Gasteiger partial charge on any atom is 0.145 e. The summed E-state index contributed by atoms with van der Waals surface area (Å²) in [4.78, 5) is 2.01. The number of hydrogen-bond acceptors (Lipinski definition) is 3. The highest BCUT2D eigenvalue weighted by molar-refractivity contribution is 5.52. The summed E-state index contributed by atoms with van der Waals surface area (Å²) in [6.45, 7) is 1.98. The summed E-state index contributed by atoms with van der Waals surface area (Å²) in [7, 11) is 3.96. The van der Waals surface area contributed by atoms with Gasteiger partial charge in [-0.25, -0.2) is 0 Å². The van der Waals surface area contributed by atoms with Crippen LogP contribution in [0.1, 0.15) is 11.1 Å². The van der Waals surface area contributed by atoms with E-state index in [1.54, 1.807) is 6.07 Å². The summed E-state index contributed by atoms with van der Waals surface area (Å²) in [6, 6.07) is 15.5. The Morgan fingerprint density at radius 2 is 1.89 bits per heavy atom. The number of aryl methyl sites for hydroxylation is 1. The van der Waals surface area contributed by atoms with Gasteiger partial charge in [-0.2, -0.15) is 5.26 Å². The summed E-state index contributed by atoms with van der Waals surface area (Å²) in [5.41, 5.74) is 2.67. The Morgan fingerprint density at radius 3 is 2.58 bits per heavy atom. The second kappa shape index (κ2) is 5.45. The fourth-order valence-corrected chi connectivity index (χ4v) is 1.76. The molecule has 3 nitrogen and oxygen atoms in total. The quantitative estimate of drug-likeness (QED) is 0.835. The minimum Gasteiger partial charge on any atom is -0.456 e. The van der Waals surface area contributed by atoms with Crippen LogP contribution in [-0.4, -0.2) is 14.1 Å². The molecule has 0 heterocycles. The van der Waals surface area contributed by atoms with E-state index in [-0.39, 0.29) is 0 Å². The third kappa shape index (κ3) is 3.05. The van der Waals surface area contributed by atoms with E-state index in [9.17, 15) is 0 Å². The first-order valence-electron chi connectivity index (χ1n) is 6.06. The summed E-state index contributed by atoms with van der Waals surface area (Å²) < 4.78 is 5.82. The van der Waals surface area contributed by atoms with E-state index >= 15 is 0 Å². The topological polar surface area (TPSA) is 36.3 Å². The predicted octanol–water partition coefficient (Wildman–Crippen LogP) is 3.73. The monoisotopic (exact) mass is 252 g/mol. The van der Waals surface area contributed by atoms with E-state index in [1.807, 2.05) is 62.3 Å². The Bertz CT molecular complexity index is 627. The molecule has 2 aromatic rings. The second-order valence-electron chi connectivity index (χ2n) is 4.61. The third-order valence-electron chi connectivity index (χ3n) is 2.82. The molecule has 2 rings (SSSR count). The first kappa shape index (κ1) is 13.0. The van der Waals surface area contributed by atoms with E-state index in [1.165, 1.54) is 0 Å². The molecule has 0 saturated carbocycles. The molecule has 0 aliphatic carbocycles. The fourth-order valence-electron chi connectivity index (χ4n) is 1.76. The largest absolute Gasteiger partial charge is 0.456 e. The van der Waals surface area contributed by atoms with Crippen LogP contribution in [0.3, 0.4) is 0 Å². The number of nitrogens with zero attached hydrogens (tertiary/aromatic N) is 2. The lowest BCUT2D eigenvalue weighted by molar-refractivity contribution is 0.481. The Labute approximate surface area is 113 Å². The van der Waals surface area contributed by atoms with Gasteiger partial charge in [0.1, 0.15) is 17.6 Å². The zero-order valence-electron chi connectivity index (χ0n) is 11.3. The predicted molar refractivity (Wildman–Crippen MR) is 76.7 cm³/mol. The highest BCUT2D eigenvalue weighted by Gasteiger charge is 2.06. The minimum atomic E-state index is 0.542. The van der Waals surface area contributed by atoms with Gasteiger partial charge in [-0.05, 0) is 36.8 Å². The number of benzene rings is 2. The smallest absolute Gasteiger partial charge is 0.145 e.